The van der Waals surface area contributed by atoms with Crippen molar-refractivity contribution in [1.29, 1.82) is 0 Å². The van der Waals surface area contributed by atoms with Crippen LogP contribution in [0.5, 0.6) is 0 Å². The number of fused-ring (bicyclic) bond motifs is 1. The number of nitrogens with one attached hydrogen (secondary N) is 1. The van der Waals surface area contributed by atoms with Gasteiger partial charge in [0.25, 0.3) is 0 Å². The fraction of sp³-hybridized carbons (Fsp3) is 0.385. The van der Waals surface area contributed by atoms with Crippen molar-refractivity contribution in [2.24, 2.45) is 0 Å². The first-order valence-electron chi connectivity index (χ1n) is 5.51. The Labute approximate surface area is 101 Å². The van der Waals surface area contributed by atoms with Gasteiger partial charge < -0.3 is 9.73 Å². The van der Waals surface area contributed by atoms with Gasteiger partial charge in [-0.15, -0.1) is 0 Å². The van der Waals surface area contributed by atoms with Gasteiger partial charge in [-0.1, -0.05) is 18.5 Å². The molecule has 1 N–H and O–H groups in total. The fourth-order valence-electron chi connectivity index (χ4n) is 2.00. The number of aryl methyl sites for hydroxylation is 2. The predicted molar refractivity (Wildman–Crippen MR) is 68.1 cm³/mol. The highest BCUT2D eigenvalue weighted by atomic mass is 35.5. The van der Waals surface area contributed by atoms with Crippen LogP contribution in [0.2, 0.25) is 5.02 Å². The Morgan fingerprint density at radius 2 is 2.12 bits per heavy atom. The largest absolute Gasteiger partial charge is 0.464 e. The molecule has 0 aliphatic rings. The molecule has 2 rings (SSSR count). The molecule has 0 radical (unpaired) electrons. The first-order valence-corrected chi connectivity index (χ1v) is 5.89. The third-order valence-corrected chi connectivity index (χ3v) is 3.44. The molecule has 3 heteroatoms. The molecule has 0 fully saturated rings. The lowest BCUT2D eigenvalue weighted by Gasteiger charge is -2.05. The van der Waals surface area contributed by atoms with Crippen LogP contribution in [0.3, 0.4) is 0 Å². The van der Waals surface area contributed by atoms with E-state index in [0.29, 0.717) is 0 Å². The second-order valence-corrected chi connectivity index (χ2v) is 4.42. The molecule has 0 amide bonds. The van der Waals surface area contributed by atoms with Crippen molar-refractivity contribution in [2.45, 2.75) is 27.3 Å². The summed E-state index contributed by atoms with van der Waals surface area (Å²) in [5.74, 6) is 0. The maximum atomic E-state index is 6.26. The van der Waals surface area contributed by atoms with Gasteiger partial charge in [-0.05, 0) is 37.6 Å². The Bertz CT molecular complexity index is 516. The lowest BCUT2D eigenvalue weighted by molar-refractivity contribution is 0.604. The molecular weight excluding hydrogens is 222 g/mol. The van der Waals surface area contributed by atoms with Gasteiger partial charge in [0.15, 0.2) is 0 Å². The summed E-state index contributed by atoms with van der Waals surface area (Å²) in [6, 6.07) is 2.00. The van der Waals surface area contributed by atoms with Crippen molar-refractivity contribution < 1.29 is 4.42 Å². The number of furan rings is 1. The zero-order valence-electron chi connectivity index (χ0n) is 9.86. The lowest BCUT2D eigenvalue weighted by atomic mass is 10.0. The van der Waals surface area contributed by atoms with Crippen LogP contribution < -0.4 is 5.32 Å². The van der Waals surface area contributed by atoms with E-state index in [1.165, 1.54) is 5.56 Å². The molecule has 1 heterocycles. The Kier molecular flexibility index (Phi) is 3.22. The van der Waals surface area contributed by atoms with Gasteiger partial charge in [0, 0.05) is 22.5 Å². The van der Waals surface area contributed by atoms with Crippen LogP contribution in [0, 0.1) is 13.8 Å². The summed E-state index contributed by atoms with van der Waals surface area (Å²) < 4.78 is 5.56. The average Bonchev–Trinajstić information content (AvgIpc) is 2.66. The summed E-state index contributed by atoms with van der Waals surface area (Å²) in [4.78, 5) is 0. The minimum absolute atomic E-state index is 0.823. The van der Waals surface area contributed by atoms with E-state index in [9.17, 15) is 0 Å². The second kappa shape index (κ2) is 4.48. The maximum absolute atomic E-state index is 6.26. The van der Waals surface area contributed by atoms with Gasteiger partial charge in [-0.25, -0.2) is 0 Å². The molecule has 1 aromatic heterocycles. The molecule has 2 nitrogen and oxygen atoms in total. The van der Waals surface area contributed by atoms with Crippen molar-refractivity contribution >= 4 is 22.6 Å². The predicted octanol–water partition coefficient (Wildman–Crippen LogP) is 3.81. The molecule has 16 heavy (non-hydrogen) atoms. The molecule has 86 valence electrons. The van der Waals surface area contributed by atoms with Crippen LogP contribution >= 0.6 is 11.6 Å². The van der Waals surface area contributed by atoms with Crippen LogP contribution in [-0.4, -0.2) is 6.54 Å². The van der Waals surface area contributed by atoms with E-state index >= 15 is 0 Å². The Morgan fingerprint density at radius 3 is 2.81 bits per heavy atom. The molecule has 0 atom stereocenters. The van der Waals surface area contributed by atoms with Crippen molar-refractivity contribution in [3.05, 3.63) is 34.0 Å². The van der Waals surface area contributed by atoms with Gasteiger partial charge >= 0.3 is 0 Å². The minimum Gasteiger partial charge on any atom is -0.464 e. The summed E-state index contributed by atoms with van der Waals surface area (Å²) >= 11 is 6.26. The second-order valence-electron chi connectivity index (χ2n) is 4.05. The van der Waals surface area contributed by atoms with E-state index in [-0.39, 0.29) is 0 Å². The summed E-state index contributed by atoms with van der Waals surface area (Å²) in [6.45, 7) is 7.91. The van der Waals surface area contributed by atoms with Gasteiger partial charge in [0.05, 0.1) is 6.26 Å². The van der Waals surface area contributed by atoms with E-state index in [4.69, 9.17) is 16.0 Å². The minimum atomic E-state index is 0.823. The molecule has 0 unspecified atom stereocenters. The SMILES string of the molecule is CCNCc1coc2cc(C)c(Cl)c(C)c12. The lowest BCUT2D eigenvalue weighted by Crippen LogP contribution is -2.11. The van der Waals surface area contributed by atoms with Crippen LogP contribution in [0.1, 0.15) is 23.6 Å². The first-order chi connectivity index (χ1) is 7.65. The molecular formula is C13H16ClNO. The number of halogens is 1. The molecule has 0 aliphatic heterocycles. The number of hydrogen-bond acceptors (Lipinski definition) is 2. The van der Waals surface area contributed by atoms with Crippen LogP contribution in [0.4, 0.5) is 0 Å². The van der Waals surface area contributed by atoms with Gasteiger partial charge in [0.1, 0.15) is 5.58 Å². The maximum Gasteiger partial charge on any atom is 0.134 e. The molecule has 0 spiro atoms. The third-order valence-electron chi connectivity index (χ3n) is 2.86. The third kappa shape index (κ3) is 1.83. The van der Waals surface area contributed by atoms with E-state index < -0.39 is 0 Å². The first kappa shape index (κ1) is 11.5. The molecule has 0 saturated carbocycles. The van der Waals surface area contributed by atoms with E-state index in [1.54, 1.807) is 0 Å². The zero-order valence-corrected chi connectivity index (χ0v) is 10.6. The number of rotatable bonds is 3. The van der Waals surface area contributed by atoms with Crippen LogP contribution in [0.15, 0.2) is 16.7 Å². The Balaban J connectivity index is 2.57. The van der Waals surface area contributed by atoms with Gasteiger partial charge in [-0.2, -0.15) is 0 Å². The number of benzene rings is 1. The highest BCUT2D eigenvalue weighted by Gasteiger charge is 2.12. The molecule has 2 aromatic rings. The monoisotopic (exact) mass is 237 g/mol. The summed E-state index contributed by atoms with van der Waals surface area (Å²) in [5.41, 5.74) is 4.28. The zero-order chi connectivity index (χ0) is 11.7. The van der Waals surface area contributed by atoms with Crippen molar-refractivity contribution in [1.82, 2.24) is 5.32 Å². The van der Waals surface area contributed by atoms with Gasteiger partial charge in [0.2, 0.25) is 0 Å². The van der Waals surface area contributed by atoms with Crippen LogP contribution in [0.25, 0.3) is 11.0 Å². The highest BCUT2D eigenvalue weighted by molar-refractivity contribution is 6.33. The molecule has 0 aliphatic carbocycles. The van der Waals surface area contributed by atoms with Crippen molar-refractivity contribution in [3.63, 3.8) is 0 Å². The van der Waals surface area contributed by atoms with E-state index in [1.807, 2.05) is 26.2 Å². The van der Waals surface area contributed by atoms with Crippen molar-refractivity contribution in [2.75, 3.05) is 6.54 Å². The normalized spacial score (nSPS) is 11.2. The van der Waals surface area contributed by atoms with Gasteiger partial charge in [-0.3, -0.25) is 0 Å². The molecule has 1 aromatic carbocycles. The molecule has 0 saturated heterocycles. The summed E-state index contributed by atoms with van der Waals surface area (Å²) in [5, 5.41) is 5.29. The number of hydrogen-bond donors (Lipinski definition) is 1. The average molecular weight is 238 g/mol. The Hall–Kier alpha value is -0.990. The van der Waals surface area contributed by atoms with E-state index in [0.717, 1.165) is 40.2 Å². The van der Waals surface area contributed by atoms with Crippen molar-refractivity contribution in [3.8, 4) is 0 Å². The quantitative estimate of drug-likeness (QED) is 0.878. The molecule has 0 bridgehead atoms. The standard InChI is InChI=1S/C13H16ClNO/c1-4-15-6-10-7-16-11-5-8(2)13(14)9(3)12(10)11/h5,7,15H,4,6H2,1-3H3. The van der Waals surface area contributed by atoms with Crippen LogP contribution in [-0.2, 0) is 6.54 Å². The van der Waals surface area contributed by atoms with E-state index in [2.05, 4.69) is 12.2 Å². The highest BCUT2D eigenvalue weighted by Crippen LogP contribution is 2.32. The Morgan fingerprint density at radius 1 is 1.38 bits per heavy atom. The topological polar surface area (TPSA) is 25.2 Å². The smallest absolute Gasteiger partial charge is 0.134 e. The fourth-order valence-corrected chi connectivity index (χ4v) is 2.15. The summed E-state index contributed by atoms with van der Waals surface area (Å²) in [6.07, 6.45) is 1.82. The summed E-state index contributed by atoms with van der Waals surface area (Å²) in [7, 11) is 0.